The average molecular weight is 329 g/mol. The van der Waals surface area contributed by atoms with Crippen molar-refractivity contribution in [2.45, 2.75) is 22.8 Å². The second-order valence-electron chi connectivity index (χ2n) is 5.25. The van der Waals surface area contributed by atoms with Gasteiger partial charge in [-0.2, -0.15) is 0 Å². The maximum absolute atomic E-state index is 12.9. The van der Waals surface area contributed by atoms with Gasteiger partial charge in [0.25, 0.3) is 0 Å². The van der Waals surface area contributed by atoms with Crippen LogP contribution < -0.4 is 0 Å². The summed E-state index contributed by atoms with van der Waals surface area (Å²) in [5.74, 6) is -1.02. The number of nitrogens with zero attached hydrogens (tertiary/aromatic N) is 1. The van der Waals surface area contributed by atoms with E-state index in [1.807, 2.05) is 0 Å². The summed E-state index contributed by atoms with van der Waals surface area (Å²) >= 11 is 0. The number of aliphatic carboxylic acids is 1. The minimum Gasteiger partial charge on any atom is -0.480 e. The molecule has 3 aromatic rings. The third-order valence-corrected chi connectivity index (χ3v) is 5.62. The quantitative estimate of drug-likeness (QED) is 0.798. The maximum atomic E-state index is 12.9. The lowest BCUT2D eigenvalue weighted by Crippen LogP contribution is -2.14. The lowest BCUT2D eigenvalue weighted by molar-refractivity contribution is -0.140. The Labute approximate surface area is 133 Å². The van der Waals surface area contributed by atoms with E-state index in [0.29, 0.717) is 10.9 Å². The van der Waals surface area contributed by atoms with Crippen LogP contribution in [0, 0.1) is 0 Å². The summed E-state index contributed by atoms with van der Waals surface area (Å²) < 4.78 is 27.3. The maximum Gasteiger partial charge on any atom is 0.326 e. The molecule has 0 amide bonds. The molecule has 1 heterocycles. The Morgan fingerprint density at radius 3 is 2.30 bits per heavy atom. The van der Waals surface area contributed by atoms with E-state index < -0.39 is 21.8 Å². The zero-order valence-electron chi connectivity index (χ0n) is 12.4. The van der Waals surface area contributed by atoms with Crippen LogP contribution >= 0.6 is 0 Å². The minimum absolute atomic E-state index is 0.118. The van der Waals surface area contributed by atoms with Gasteiger partial charge < -0.3 is 9.67 Å². The molecule has 0 aliphatic rings. The van der Waals surface area contributed by atoms with Crippen LogP contribution in [-0.2, 0) is 14.6 Å². The van der Waals surface area contributed by atoms with Crippen molar-refractivity contribution < 1.29 is 18.3 Å². The summed E-state index contributed by atoms with van der Waals surface area (Å²) in [5, 5.41) is 9.77. The minimum atomic E-state index is -3.72. The monoisotopic (exact) mass is 329 g/mol. The van der Waals surface area contributed by atoms with Gasteiger partial charge in [-0.15, -0.1) is 0 Å². The van der Waals surface area contributed by atoms with E-state index in [-0.39, 0.29) is 9.79 Å². The fourth-order valence-electron chi connectivity index (χ4n) is 2.55. The second kappa shape index (κ2) is 5.55. The number of carboxylic acids is 1. The summed E-state index contributed by atoms with van der Waals surface area (Å²) in [4.78, 5) is 11.6. The third-order valence-electron chi connectivity index (χ3n) is 3.82. The molecule has 2 aromatic carbocycles. The standard InChI is InChI=1S/C17H15NO4S/c1-12(17(19)20)18-11-16(14-9-5-6-10-15(14)18)23(21,22)13-7-3-2-4-8-13/h2-12H,1H3,(H,19,20). The molecule has 0 fully saturated rings. The van der Waals surface area contributed by atoms with Crippen LogP contribution in [0.3, 0.4) is 0 Å². The molecule has 1 atom stereocenters. The first-order valence-corrected chi connectivity index (χ1v) is 8.54. The van der Waals surface area contributed by atoms with Crippen molar-refractivity contribution in [2.24, 2.45) is 0 Å². The second-order valence-corrected chi connectivity index (χ2v) is 7.17. The topological polar surface area (TPSA) is 76.4 Å². The largest absolute Gasteiger partial charge is 0.480 e. The van der Waals surface area contributed by atoms with Crippen molar-refractivity contribution in [1.82, 2.24) is 4.57 Å². The van der Waals surface area contributed by atoms with Crippen LogP contribution in [0.15, 0.2) is 70.6 Å². The number of aromatic nitrogens is 1. The fourth-order valence-corrected chi connectivity index (χ4v) is 4.04. The van der Waals surface area contributed by atoms with Gasteiger partial charge in [0.1, 0.15) is 6.04 Å². The van der Waals surface area contributed by atoms with Crippen molar-refractivity contribution in [2.75, 3.05) is 0 Å². The van der Waals surface area contributed by atoms with Crippen LogP contribution in [0.1, 0.15) is 13.0 Å². The Kier molecular flexibility index (Phi) is 3.69. The van der Waals surface area contributed by atoms with E-state index in [1.165, 1.54) is 29.8 Å². The molecule has 23 heavy (non-hydrogen) atoms. The molecule has 0 spiro atoms. The summed E-state index contributed by atoms with van der Waals surface area (Å²) in [7, 11) is -3.72. The number of fused-ring (bicyclic) bond motifs is 1. The fraction of sp³-hybridized carbons (Fsp3) is 0.118. The van der Waals surface area contributed by atoms with Gasteiger partial charge in [-0.1, -0.05) is 36.4 Å². The van der Waals surface area contributed by atoms with Gasteiger partial charge in [0.2, 0.25) is 9.84 Å². The number of hydrogen-bond donors (Lipinski definition) is 1. The molecule has 0 saturated heterocycles. The zero-order valence-corrected chi connectivity index (χ0v) is 13.2. The van der Waals surface area contributed by atoms with E-state index in [0.717, 1.165) is 0 Å². The Balaban J connectivity index is 2.29. The zero-order chi connectivity index (χ0) is 16.6. The molecule has 5 nitrogen and oxygen atoms in total. The van der Waals surface area contributed by atoms with Crippen molar-refractivity contribution >= 4 is 26.7 Å². The number of rotatable bonds is 4. The van der Waals surface area contributed by atoms with Gasteiger partial charge in [-0.05, 0) is 25.1 Å². The predicted molar refractivity (Wildman–Crippen MR) is 86.2 cm³/mol. The highest BCUT2D eigenvalue weighted by molar-refractivity contribution is 7.91. The first-order chi connectivity index (χ1) is 10.9. The molecule has 1 unspecified atom stereocenters. The van der Waals surface area contributed by atoms with Gasteiger partial charge in [0, 0.05) is 11.6 Å². The Bertz CT molecular complexity index is 974. The molecule has 0 radical (unpaired) electrons. The summed E-state index contributed by atoms with van der Waals surface area (Å²) in [6.45, 7) is 1.52. The normalized spacial score (nSPS) is 13.1. The number of hydrogen-bond acceptors (Lipinski definition) is 3. The molecule has 118 valence electrons. The number of sulfone groups is 1. The van der Waals surface area contributed by atoms with Crippen LogP contribution in [-0.4, -0.2) is 24.1 Å². The van der Waals surface area contributed by atoms with Crippen molar-refractivity contribution in [3.05, 3.63) is 60.8 Å². The van der Waals surface area contributed by atoms with Crippen molar-refractivity contribution in [1.29, 1.82) is 0 Å². The highest BCUT2D eigenvalue weighted by Gasteiger charge is 2.25. The molecular weight excluding hydrogens is 314 g/mol. The molecular formula is C17H15NO4S. The summed E-state index contributed by atoms with van der Waals surface area (Å²) in [6.07, 6.45) is 1.41. The highest BCUT2D eigenvalue weighted by atomic mass is 32.2. The molecule has 0 bridgehead atoms. The molecule has 1 aromatic heterocycles. The lowest BCUT2D eigenvalue weighted by atomic mass is 10.2. The smallest absolute Gasteiger partial charge is 0.326 e. The van der Waals surface area contributed by atoms with Crippen LogP contribution in [0.4, 0.5) is 0 Å². The predicted octanol–water partition coefficient (Wildman–Crippen LogP) is 3.12. The molecule has 1 N–H and O–H groups in total. The van der Waals surface area contributed by atoms with E-state index in [2.05, 4.69) is 0 Å². The van der Waals surface area contributed by atoms with Crippen molar-refractivity contribution in [3.8, 4) is 0 Å². The van der Waals surface area contributed by atoms with Crippen LogP contribution in [0.2, 0.25) is 0 Å². The van der Waals surface area contributed by atoms with Gasteiger partial charge in [0.15, 0.2) is 0 Å². The van der Waals surface area contributed by atoms with E-state index in [4.69, 9.17) is 0 Å². The lowest BCUT2D eigenvalue weighted by Gasteiger charge is -2.09. The number of carbonyl (C=O) groups is 1. The van der Waals surface area contributed by atoms with E-state index in [9.17, 15) is 18.3 Å². The van der Waals surface area contributed by atoms with Crippen LogP contribution in [0.5, 0.6) is 0 Å². The molecule has 3 rings (SSSR count). The molecule has 0 saturated carbocycles. The van der Waals surface area contributed by atoms with Gasteiger partial charge in [0.05, 0.1) is 15.3 Å². The molecule has 0 aliphatic heterocycles. The van der Waals surface area contributed by atoms with Gasteiger partial charge in [-0.3, -0.25) is 0 Å². The SMILES string of the molecule is CC(C(=O)O)n1cc(S(=O)(=O)c2ccccc2)c2ccccc21. The number of benzene rings is 2. The summed E-state index contributed by atoms with van der Waals surface area (Å²) in [6, 6.07) is 14.2. The van der Waals surface area contributed by atoms with E-state index in [1.54, 1.807) is 42.5 Å². The number of para-hydroxylation sites is 1. The average Bonchev–Trinajstić information content (AvgIpc) is 2.95. The third kappa shape index (κ3) is 2.51. The van der Waals surface area contributed by atoms with Crippen LogP contribution in [0.25, 0.3) is 10.9 Å². The van der Waals surface area contributed by atoms with Crippen molar-refractivity contribution in [3.63, 3.8) is 0 Å². The van der Waals surface area contributed by atoms with Gasteiger partial charge in [-0.25, -0.2) is 13.2 Å². The van der Waals surface area contributed by atoms with E-state index >= 15 is 0 Å². The Morgan fingerprint density at radius 1 is 1.04 bits per heavy atom. The van der Waals surface area contributed by atoms with Gasteiger partial charge >= 0.3 is 5.97 Å². The Morgan fingerprint density at radius 2 is 1.65 bits per heavy atom. The first-order valence-electron chi connectivity index (χ1n) is 7.05. The summed E-state index contributed by atoms with van der Waals surface area (Å²) in [5.41, 5.74) is 0.580. The molecule has 0 aliphatic carbocycles. The highest BCUT2D eigenvalue weighted by Crippen LogP contribution is 2.31. The Hall–Kier alpha value is -2.60. The number of carboxylic acid groups (broad SMARTS) is 1. The molecule has 6 heteroatoms. The first kappa shape index (κ1) is 15.3.